The standard InChI is InChI=1S/C10H13N3O5S/c1-19-3-2-5(9(16)17)11-8(15)6-4-7(14)13-10(18)12-6/h4-5H,2-3H2,1H3,(H,11,15)(H,16,17)(H2,12,13,14,18)/t5-/m0/s1. The Morgan fingerprint density at radius 1 is 1.42 bits per heavy atom. The average molecular weight is 287 g/mol. The molecule has 1 amide bonds. The number of H-pyrrole nitrogens is 2. The lowest BCUT2D eigenvalue weighted by Gasteiger charge is -2.13. The van der Waals surface area contributed by atoms with Gasteiger partial charge in [-0.2, -0.15) is 11.8 Å². The first-order chi connectivity index (χ1) is 8.93. The summed E-state index contributed by atoms with van der Waals surface area (Å²) < 4.78 is 0. The number of aromatic nitrogens is 2. The van der Waals surface area contributed by atoms with E-state index >= 15 is 0 Å². The van der Waals surface area contributed by atoms with Crippen LogP contribution in [-0.2, 0) is 4.79 Å². The third kappa shape index (κ3) is 4.62. The monoisotopic (exact) mass is 287 g/mol. The zero-order valence-corrected chi connectivity index (χ0v) is 10.9. The molecule has 0 unspecified atom stereocenters. The smallest absolute Gasteiger partial charge is 0.326 e. The number of nitrogens with one attached hydrogen (secondary N) is 3. The Bertz CT molecular complexity index is 551. The van der Waals surface area contributed by atoms with Crippen LogP contribution in [0.15, 0.2) is 15.7 Å². The topological polar surface area (TPSA) is 132 Å². The molecule has 0 saturated carbocycles. The van der Waals surface area contributed by atoms with Crippen molar-refractivity contribution >= 4 is 23.6 Å². The van der Waals surface area contributed by atoms with E-state index in [4.69, 9.17) is 5.11 Å². The highest BCUT2D eigenvalue weighted by atomic mass is 32.2. The molecule has 4 N–H and O–H groups in total. The van der Waals surface area contributed by atoms with Crippen molar-refractivity contribution in [2.75, 3.05) is 12.0 Å². The Morgan fingerprint density at radius 3 is 2.63 bits per heavy atom. The van der Waals surface area contributed by atoms with Crippen LogP contribution in [0.5, 0.6) is 0 Å². The number of carbonyl (C=O) groups is 2. The van der Waals surface area contributed by atoms with E-state index in [1.807, 2.05) is 11.2 Å². The lowest BCUT2D eigenvalue weighted by atomic mass is 10.2. The lowest BCUT2D eigenvalue weighted by Crippen LogP contribution is -2.42. The van der Waals surface area contributed by atoms with Gasteiger partial charge in [0.15, 0.2) is 0 Å². The first kappa shape index (κ1) is 15.0. The van der Waals surface area contributed by atoms with E-state index in [1.165, 1.54) is 11.8 Å². The molecule has 0 fully saturated rings. The fraction of sp³-hybridized carbons (Fsp3) is 0.400. The molecule has 0 radical (unpaired) electrons. The fourth-order valence-corrected chi connectivity index (χ4v) is 1.79. The molecule has 0 saturated heterocycles. The second-order valence-corrected chi connectivity index (χ2v) is 4.63. The van der Waals surface area contributed by atoms with Gasteiger partial charge in [-0.1, -0.05) is 0 Å². The summed E-state index contributed by atoms with van der Waals surface area (Å²) in [6.45, 7) is 0. The first-order valence-electron chi connectivity index (χ1n) is 5.30. The van der Waals surface area contributed by atoms with Crippen LogP contribution in [0.4, 0.5) is 0 Å². The minimum Gasteiger partial charge on any atom is -0.480 e. The number of hydrogen-bond donors (Lipinski definition) is 4. The normalized spacial score (nSPS) is 11.8. The highest BCUT2D eigenvalue weighted by Crippen LogP contribution is 2.02. The summed E-state index contributed by atoms with van der Waals surface area (Å²) in [6.07, 6.45) is 2.06. The van der Waals surface area contributed by atoms with Crippen molar-refractivity contribution in [2.24, 2.45) is 0 Å². The van der Waals surface area contributed by atoms with Crippen molar-refractivity contribution in [3.63, 3.8) is 0 Å². The van der Waals surface area contributed by atoms with Gasteiger partial charge in [-0.05, 0) is 18.4 Å². The molecule has 8 nitrogen and oxygen atoms in total. The summed E-state index contributed by atoms with van der Waals surface area (Å²) in [6, 6.07) is -0.174. The van der Waals surface area contributed by atoms with Crippen LogP contribution in [0, 0.1) is 0 Å². The summed E-state index contributed by atoms with van der Waals surface area (Å²) in [4.78, 5) is 48.7. The Kier molecular flexibility index (Phi) is 5.37. The fourth-order valence-electron chi connectivity index (χ4n) is 1.32. The van der Waals surface area contributed by atoms with Gasteiger partial charge in [0.25, 0.3) is 11.5 Å². The number of amides is 1. The molecule has 0 aliphatic rings. The number of hydrogen-bond acceptors (Lipinski definition) is 5. The highest BCUT2D eigenvalue weighted by Gasteiger charge is 2.20. The first-order valence-corrected chi connectivity index (χ1v) is 6.69. The van der Waals surface area contributed by atoms with Crippen LogP contribution in [0.25, 0.3) is 0 Å². The zero-order valence-electron chi connectivity index (χ0n) is 10.1. The lowest BCUT2D eigenvalue weighted by molar-refractivity contribution is -0.139. The Hall–Kier alpha value is -2.03. The van der Waals surface area contributed by atoms with Crippen molar-refractivity contribution in [1.29, 1.82) is 0 Å². The van der Waals surface area contributed by atoms with E-state index in [1.54, 1.807) is 0 Å². The predicted octanol–water partition coefficient (Wildman–Crippen LogP) is -1.00. The predicted molar refractivity (Wildman–Crippen MR) is 69.6 cm³/mol. The average Bonchev–Trinajstić information content (AvgIpc) is 2.32. The summed E-state index contributed by atoms with van der Waals surface area (Å²) in [5.74, 6) is -1.42. The van der Waals surface area contributed by atoms with E-state index in [9.17, 15) is 19.2 Å². The van der Waals surface area contributed by atoms with Gasteiger partial charge in [0.05, 0.1) is 0 Å². The number of rotatable bonds is 6. The largest absolute Gasteiger partial charge is 0.480 e. The maximum atomic E-state index is 11.7. The molecule has 0 aliphatic carbocycles. The molecule has 1 aromatic rings. The van der Waals surface area contributed by atoms with Gasteiger partial charge in [-0.25, -0.2) is 9.59 Å². The van der Waals surface area contributed by atoms with Crippen LogP contribution >= 0.6 is 11.8 Å². The molecule has 0 spiro atoms. The molecule has 1 aromatic heterocycles. The minimum absolute atomic E-state index is 0.246. The van der Waals surface area contributed by atoms with Crippen molar-refractivity contribution in [1.82, 2.24) is 15.3 Å². The van der Waals surface area contributed by atoms with Gasteiger partial charge in [-0.15, -0.1) is 0 Å². The maximum absolute atomic E-state index is 11.7. The molecule has 0 aromatic carbocycles. The number of carboxylic acids is 1. The van der Waals surface area contributed by atoms with Gasteiger partial charge >= 0.3 is 11.7 Å². The Labute approximate surface area is 111 Å². The molecule has 0 aliphatic heterocycles. The van der Waals surface area contributed by atoms with E-state index in [0.29, 0.717) is 5.75 Å². The third-order valence-corrected chi connectivity index (χ3v) is 2.86. The summed E-state index contributed by atoms with van der Waals surface area (Å²) in [5, 5.41) is 11.2. The van der Waals surface area contributed by atoms with Crippen LogP contribution in [0.3, 0.4) is 0 Å². The van der Waals surface area contributed by atoms with Crippen LogP contribution in [0.2, 0.25) is 0 Å². The Morgan fingerprint density at radius 2 is 2.11 bits per heavy atom. The highest BCUT2D eigenvalue weighted by molar-refractivity contribution is 7.98. The van der Waals surface area contributed by atoms with Gasteiger partial charge in [-0.3, -0.25) is 14.6 Å². The number of aromatic amines is 2. The zero-order chi connectivity index (χ0) is 14.4. The SMILES string of the molecule is CSCC[C@H](NC(=O)c1cc(=O)[nH]c(=O)[nH]1)C(=O)O. The third-order valence-electron chi connectivity index (χ3n) is 2.22. The van der Waals surface area contributed by atoms with Crippen LogP contribution < -0.4 is 16.6 Å². The second-order valence-electron chi connectivity index (χ2n) is 3.65. The molecule has 19 heavy (non-hydrogen) atoms. The summed E-state index contributed by atoms with van der Waals surface area (Å²) in [7, 11) is 0. The molecular formula is C10H13N3O5S. The van der Waals surface area contributed by atoms with Gasteiger partial charge in [0.1, 0.15) is 11.7 Å². The molecule has 0 bridgehead atoms. The van der Waals surface area contributed by atoms with Gasteiger partial charge in [0, 0.05) is 6.07 Å². The van der Waals surface area contributed by atoms with Crippen LogP contribution in [-0.4, -0.2) is 45.0 Å². The van der Waals surface area contributed by atoms with E-state index in [2.05, 4.69) is 10.3 Å². The molecule has 1 heterocycles. The van der Waals surface area contributed by atoms with E-state index < -0.39 is 29.2 Å². The molecule has 1 atom stereocenters. The van der Waals surface area contributed by atoms with Crippen molar-refractivity contribution in [3.8, 4) is 0 Å². The van der Waals surface area contributed by atoms with Crippen molar-refractivity contribution in [3.05, 3.63) is 32.6 Å². The quantitative estimate of drug-likeness (QED) is 0.530. The number of carboxylic acid groups (broad SMARTS) is 1. The molecular weight excluding hydrogens is 274 g/mol. The molecule has 104 valence electrons. The summed E-state index contributed by atoms with van der Waals surface area (Å²) >= 11 is 1.45. The van der Waals surface area contributed by atoms with Crippen molar-refractivity contribution < 1.29 is 14.7 Å². The van der Waals surface area contributed by atoms with E-state index in [-0.39, 0.29) is 12.1 Å². The maximum Gasteiger partial charge on any atom is 0.326 e. The second kappa shape index (κ2) is 6.78. The van der Waals surface area contributed by atoms with E-state index in [0.717, 1.165) is 6.07 Å². The van der Waals surface area contributed by atoms with Crippen LogP contribution in [0.1, 0.15) is 16.9 Å². The Balaban J connectivity index is 2.84. The van der Waals surface area contributed by atoms with Gasteiger partial charge < -0.3 is 15.4 Å². The number of carbonyl (C=O) groups excluding carboxylic acids is 1. The molecule has 1 rings (SSSR count). The minimum atomic E-state index is -1.17. The number of aliphatic carboxylic acids is 1. The molecule has 9 heteroatoms. The number of thioether (sulfide) groups is 1. The summed E-state index contributed by atoms with van der Waals surface area (Å²) in [5.41, 5.74) is -1.83. The van der Waals surface area contributed by atoms with Gasteiger partial charge in [0.2, 0.25) is 0 Å². The van der Waals surface area contributed by atoms with Crippen molar-refractivity contribution in [2.45, 2.75) is 12.5 Å².